The van der Waals surface area contributed by atoms with Crippen LogP contribution in [-0.2, 0) is 4.79 Å². The van der Waals surface area contributed by atoms with Gasteiger partial charge in [0.25, 0.3) is 11.1 Å². The van der Waals surface area contributed by atoms with Crippen molar-refractivity contribution in [3.63, 3.8) is 0 Å². The van der Waals surface area contributed by atoms with Gasteiger partial charge in [0.2, 0.25) is 0 Å². The van der Waals surface area contributed by atoms with Crippen LogP contribution in [0.4, 0.5) is 4.79 Å². The molecule has 130 valence electrons. The van der Waals surface area contributed by atoms with E-state index < -0.39 is 5.97 Å². The summed E-state index contributed by atoms with van der Waals surface area (Å²) in [4.78, 5) is 36.6. The predicted molar refractivity (Wildman–Crippen MR) is 102 cm³/mol. The molecule has 0 radical (unpaired) electrons. The van der Waals surface area contributed by atoms with Crippen molar-refractivity contribution in [2.75, 3.05) is 6.54 Å². The van der Waals surface area contributed by atoms with Gasteiger partial charge >= 0.3 is 5.97 Å². The summed E-state index contributed by atoms with van der Waals surface area (Å²) < 4.78 is 0. The third-order valence-corrected chi connectivity index (χ3v) is 4.74. The lowest BCUT2D eigenvalue weighted by Crippen LogP contribution is -2.27. The van der Waals surface area contributed by atoms with Crippen molar-refractivity contribution < 1.29 is 19.5 Å². The molecule has 5 nitrogen and oxygen atoms in total. The van der Waals surface area contributed by atoms with Crippen LogP contribution in [0.5, 0.6) is 0 Å². The number of nitrogens with zero attached hydrogens (tertiary/aromatic N) is 1. The van der Waals surface area contributed by atoms with Gasteiger partial charge in [-0.3, -0.25) is 14.5 Å². The van der Waals surface area contributed by atoms with Crippen molar-refractivity contribution >= 4 is 35.0 Å². The quantitative estimate of drug-likeness (QED) is 0.632. The normalized spacial score (nSPS) is 15.5. The van der Waals surface area contributed by atoms with E-state index in [1.807, 2.05) is 30.3 Å². The zero-order valence-electron chi connectivity index (χ0n) is 13.7. The van der Waals surface area contributed by atoms with Crippen LogP contribution in [0.25, 0.3) is 17.2 Å². The average molecular weight is 365 g/mol. The van der Waals surface area contributed by atoms with Crippen LogP contribution in [-0.4, -0.2) is 33.7 Å². The Morgan fingerprint density at radius 3 is 2.50 bits per heavy atom. The Bertz CT molecular complexity index is 931. The van der Waals surface area contributed by atoms with E-state index >= 15 is 0 Å². The van der Waals surface area contributed by atoms with Crippen LogP contribution in [0.2, 0.25) is 0 Å². The van der Waals surface area contributed by atoms with Crippen molar-refractivity contribution in [2.45, 2.75) is 0 Å². The molecular weight excluding hydrogens is 350 g/mol. The maximum atomic E-state index is 12.2. The third-order valence-electron chi connectivity index (χ3n) is 3.84. The van der Waals surface area contributed by atoms with Crippen molar-refractivity contribution in [1.82, 2.24) is 4.90 Å². The minimum atomic E-state index is -0.973. The van der Waals surface area contributed by atoms with Crippen molar-refractivity contribution in [2.24, 2.45) is 0 Å². The highest BCUT2D eigenvalue weighted by Gasteiger charge is 2.33. The van der Waals surface area contributed by atoms with Crippen LogP contribution in [0, 0.1) is 0 Å². The molecule has 0 unspecified atom stereocenters. The molecule has 1 heterocycles. The van der Waals surface area contributed by atoms with Crippen LogP contribution >= 0.6 is 11.8 Å². The molecule has 6 heteroatoms. The monoisotopic (exact) mass is 365 g/mol. The van der Waals surface area contributed by atoms with E-state index in [1.165, 1.54) is 6.08 Å². The second-order valence-corrected chi connectivity index (χ2v) is 6.58. The largest absolute Gasteiger partial charge is 0.478 e. The van der Waals surface area contributed by atoms with Crippen LogP contribution in [0.1, 0.15) is 15.9 Å². The summed E-state index contributed by atoms with van der Waals surface area (Å²) in [6.45, 7) is 3.74. The summed E-state index contributed by atoms with van der Waals surface area (Å²) in [5, 5.41) is 8.78. The van der Waals surface area contributed by atoms with E-state index in [2.05, 4.69) is 6.58 Å². The van der Waals surface area contributed by atoms with Gasteiger partial charge in [0.05, 0.1) is 10.5 Å². The Kier molecular flexibility index (Phi) is 5.04. The number of aromatic carboxylic acids is 1. The van der Waals surface area contributed by atoms with Gasteiger partial charge in [0.1, 0.15) is 0 Å². The van der Waals surface area contributed by atoms with E-state index in [1.54, 1.807) is 24.3 Å². The lowest BCUT2D eigenvalue weighted by molar-refractivity contribution is -0.122. The summed E-state index contributed by atoms with van der Waals surface area (Å²) in [6.07, 6.45) is 3.19. The number of carboxylic acids is 1. The first-order chi connectivity index (χ1) is 12.5. The van der Waals surface area contributed by atoms with E-state index in [4.69, 9.17) is 5.11 Å². The topological polar surface area (TPSA) is 74.7 Å². The smallest absolute Gasteiger partial charge is 0.335 e. The first-order valence-electron chi connectivity index (χ1n) is 7.79. The summed E-state index contributed by atoms with van der Waals surface area (Å²) in [7, 11) is 0. The molecule has 0 aliphatic carbocycles. The van der Waals surface area contributed by atoms with Crippen molar-refractivity contribution in [3.8, 4) is 11.1 Å². The molecule has 0 bridgehead atoms. The zero-order chi connectivity index (χ0) is 18.7. The van der Waals surface area contributed by atoms with Gasteiger partial charge in [-0.2, -0.15) is 0 Å². The maximum absolute atomic E-state index is 12.2. The average Bonchev–Trinajstić information content (AvgIpc) is 2.90. The minimum absolute atomic E-state index is 0.195. The van der Waals surface area contributed by atoms with E-state index in [9.17, 15) is 14.4 Å². The lowest BCUT2D eigenvalue weighted by atomic mass is 10.0. The fourth-order valence-electron chi connectivity index (χ4n) is 2.54. The van der Waals surface area contributed by atoms with Gasteiger partial charge in [-0.05, 0) is 46.7 Å². The molecule has 0 saturated carbocycles. The number of amides is 2. The number of benzene rings is 2. The summed E-state index contributed by atoms with van der Waals surface area (Å²) in [5.41, 5.74) is 2.67. The molecular formula is C20H15NO4S. The number of rotatable bonds is 5. The molecule has 0 spiro atoms. The molecule has 1 aliphatic heterocycles. The van der Waals surface area contributed by atoms with Gasteiger partial charge in [-0.15, -0.1) is 6.58 Å². The number of imide groups is 1. The number of carbonyl (C=O) groups is 3. The molecule has 2 amide bonds. The summed E-state index contributed by atoms with van der Waals surface area (Å²) in [6, 6.07) is 14.0. The second kappa shape index (κ2) is 7.41. The van der Waals surface area contributed by atoms with Gasteiger partial charge in [0, 0.05) is 6.54 Å². The first kappa shape index (κ1) is 17.7. The summed E-state index contributed by atoms with van der Waals surface area (Å²) in [5.74, 6) is -1.29. The minimum Gasteiger partial charge on any atom is -0.478 e. The number of hydrogen-bond acceptors (Lipinski definition) is 4. The maximum Gasteiger partial charge on any atom is 0.335 e. The highest BCUT2D eigenvalue weighted by Crippen LogP contribution is 2.32. The highest BCUT2D eigenvalue weighted by molar-refractivity contribution is 8.18. The Morgan fingerprint density at radius 1 is 1.12 bits per heavy atom. The molecule has 1 N–H and O–H groups in total. The number of carboxylic acid groups (broad SMARTS) is 1. The van der Waals surface area contributed by atoms with Gasteiger partial charge in [-0.25, -0.2) is 4.79 Å². The predicted octanol–water partition coefficient (Wildman–Crippen LogP) is 4.27. The molecule has 0 aromatic heterocycles. The lowest BCUT2D eigenvalue weighted by Gasteiger charge is -2.07. The van der Waals surface area contributed by atoms with Crippen molar-refractivity contribution in [3.05, 3.63) is 77.2 Å². The molecule has 1 aliphatic rings. The molecule has 26 heavy (non-hydrogen) atoms. The molecule has 1 fully saturated rings. The van der Waals surface area contributed by atoms with E-state index in [0.717, 1.165) is 33.4 Å². The van der Waals surface area contributed by atoms with Crippen LogP contribution in [0.3, 0.4) is 0 Å². The number of hydrogen-bond donors (Lipinski definition) is 1. The Balaban J connectivity index is 1.83. The molecule has 2 aromatic carbocycles. The molecule has 3 rings (SSSR count). The van der Waals surface area contributed by atoms with Gasteiger partial charge in [-0.1, -0.05) is 42.5 Å². The standard InChI is InChI=1S/C20H15NO4S/c1-2-10-21-18(22)17(26-20(21)25)11-13-6-8-14(9-7-13)15-4-3-5-16(12-15)19(23)24/h2-9,11-12H,1,10H2,(H,23,24). The van der Waals surface area contributed by atoms with Crippen LogP contribution < -0.4 is 0 Å². The Hall–Kier alpha value is -3.12. The molecule has 2 aromatic rings. The fraction of sp³-hybridized carbons (Fsp3) is 0.0500. The molecule has 0 atom stereocenters. The second-order valence-electron chi connectivity index (χ2n) is 5.59. The summed E-state index contributed by atoms with van der Waals surface area (Å²) >= 11 is 0.908. The zero-order valence-corrected chi connectivity index (χ0v) is 14.5. The van der Waals surface area contributed by atoms with E-state index in [0.29, 0.717) is 4.91 Å². The third kappa shape index (κ3) is 3.60. The van der Waals surface area contributed by atoms with Crippen molar-refractivity contribution in [1.29, 1.82) is 0 Å². The van der Waals surface area contributed by atoms with E-state index in [-0.39, 0.29) is 23.3 Å². The SMILES string of the molecule is C=CCN1C(=O)SC(=Cc2ccc(-c3cccc(C(=O)O)c3)cc2)C1=O. The Morgan fingerprint density at radius 2 is 1.85 bits per heavy atom. The highest BCUT2D eigenvalue weighted by atomic mass is 32.2. The van der Waals surface area contributed by atoms with Gasteiger partial charge < -0.3 is 5.11 Å². The number of thioether (sulfide) groups is 1. The molecule has 1 saturated heterocycles. The van der Waals surface area contributed by atoms with Crippen LogP contribution in [0.15, 0.2) is 66.1 Å². The Labute approximate surface area is 154 Å². The first-order valence-corrected chi connectivity index (χ1v) is 8.61. The fourth-order valence-corrected chi connectivity index (χ4v) is 3.39. The number of carbonyl (C=O) groups excluding carboxylic acids is 2. The van der Waals surface area contributed by atoms with Gasteiger partial charge in [0.15, 0.2) is 0 Å².